The van der Waals surface area contributed by atoms with Crippen molar-refractivity contribution in [3.63, 3.8) is 0 Å². The molecule has 1 aromatic heterocycles. The van der Waals surface area contributed by atoms with Crippen molar-refractivity contribution in [2.24, 2.45) is 11.8 Å². The number of aliphatic hydroxyl groups excluding tert-OH is 1. The second kappa shape index (κ2) is 9.50. The summed E-state index contributed by atoms with van der Waals surface area (Å²) in [5.74, 6) is 1.87. The number of ether oxygens (including phenoxy) is 1. The topological polar surface area (TPSA) is 82.9 Å². The number of rotatable bonds is 4. The van der Waals surface area contributed by atoms with Gasteiger partial charge in [0.05, 0.1) is 17.3 Å². The molecular weight excluding hydrogens is 388 g/mol. The van der Waals surface area contributed by atoms with Crippen LogP contribution in [0.25, 0.3) is 0 Å². The monoisotopic (exact) mass is 410 g/mol. The Labute approximate surface area is 167 Å². The Balaban J connectivity index is 0.000000659. The standard InChI is InChI=1S/C18H21ClN2O2S.CH2O2/c19-14-2-1-3-16(6-14)23-18-5-13-8-21(7-12(13)4-17(18)22)9-15-10-24-11-20-15;2-1-3/h1-3,6,10-13,17-18,22H,4-5,7-9H2;1H,(H,2,3)/t12-,13+,17+,18+;/m0./s1. The number of thiazole rings is 1. The lowest BCUT2D eigenvalue weighted by Crippen LogP contribution is -2.42. The molecule has 146 valence electrons. The van der Waals surface area contributed by atoms with Crippen LogP contribution in [0, 0.1) is 11.8 Å². The van der Waals surface area contributed by atoms with Crippen molar-refractivity contribution in [1.29, 1.82) is 0 Å². The van der Waals surface area contributed by atoms with E-state index in [2.05, 4.69) is 15.3 Å². The molecule has 1 saturated carbocycles. The lowest BCUT2D eigenvalue weighted by atomic mass is 9.78. The van der Waals surface area contributed by atoms with Crippen LogP contribution >= 0.6 is 22.9 Å². The Kier molecular flexibility index (Phi) is 7.07. The Bertz CT molecular complexity index is 730. The van der Waals surface area contributed by atoms with Gasteiger partial charge < -0.3 is 14.9 Å². The molecule has 1 aliphatic heterocycles. The molecule has 8 heteroatoms. The first-order chi connectivity index (χ1) is 13.1. The first kappa shape index (κ1) is 20.1. The van der Waals surface area contributed by atoms with Crippen LogP contribution in [0.15, 0.2) is 35.2 Å². The Hall–Kier alpha value is -1.67. The van der Waals surface area contributed by atoms with Crippen molar-refractivity contribution < 1.29 is 19.7 Å². The van der Waals surface area contributed by atoms with Crippen LogP contribution in [0.4, 0.5) is 0 Å². The summed E-state index contributed by atoms with van der Waals surface area (Å²) in [6, 6.07) is 7.41. The van der Waals surface area contributed by atoms with Gasteiger partial charge in [0.1, 0.15) is 11.9 Å². The van der Waals surface area contributed by atoms with Gasteiger partial charge >= 0.3 is 0 Å². The smallest absolute Gasteiger partial charge is 0.290 e. The Morgan fingerprint density at radius 1 is 1.33 bits per heavy atom. The van der Waals surface area contributed by atoms with E-state index in [-0.39, 0.29) is 12.6 Å². The summed E-state index contributed by atoms with van der Waals surface area (Å²) in [4.78, 5) is 15.2. The fraction of sp³-hybridized carbons (Fsp3) is 0.474. The van der Waals surface area contributed by atoms with Crippen LogP contribution in [0.2, 0.25) is 5.02 Å². The number of carbonyl (C=O) groups is 1. The van der Waals surface area contributed by atoms with Crippen LogP contribution in [0.3, 0.4) is 0 Å². The van der Waals surface area contributed by atoms with Crippen molar-refractivity contribution in [3.05, 3.63) is 45.9 Å². The van der Waals surface area contributed by atoms with E-state index in [0.29, 0.717) is 16.9 Å². The molecule has 6 nitrogen and oxygen atoms in total. The summed E-state index contributed by atoms with van der Waals surface area (Å²) in [5.41, 5.74) is 3.03. The predicted molar refractivity (Wildman–Crippen MR) is 104 cm³/mol. The third-order valence-corrected chi connectivity index (χ3v) is 5.98. The molecule has 0 unspecified atom stereocenters. The second-order valence-corrected chi connectivity index (χ2v) is 8.11. The Morgan fingerprint density at radius 2 is 2.07 bits per heavy atom. The average molecular weight is 411 g/mol. The maximum Gasteiger partial charge on any atom is 0.290 e. The number of hydrogen-bond donors (Lipinski definition) is 2. The van der Waals surface area contributed by atoms with Crippen molar-refractivity contribution in [2.45, 2.75) is 31.6 Å². The summed E-state index contributed by atoms with van der Waals surface area (Å²) >= 11 is 7.66. The minimum atomic E-state index is -0.413. The van der Waals surface area contributed by atoms with E-state index in [1.807, 2.05) is 29.8 Å². The predicted octanol–water partition coefficient (Wildman–Crippen LogP) is 3.15. The van der Waals surface area contributed by atoms with Gasteiger partial charge in [-0.15, -0.1) is 11.3 Å². The average Bonchev–Trinajstić information content (AvgIpc) is 3.25. The van der Waals surface area contributed by atoms with E-state index in [1.54, 1.807) is 11.3 Å². The van der Waals surface area contributed by atoms with E-state index in [4.69, 9.17) is 26.2 Å². The molecule has 2 heterocycles. The summed E-state index contributed by atoms with van der Waals surface area (Å²) in [7, 11) is 0. The molecule has 0 amide bonds. The molecule has 2 fully saturated rings. The zero-order valence-electron chi connectivity index (χ0n) is 14.8. The van der Waals surface area contributed by atoms with Gasteiger partial charge in [0.2, 0.25) is 0 Å². The van der Waals surface area contributed by atoms with E-state index in [0.717, 1.165) is 43.9 Å². The van der Waals surface area contributed by atoms with E-state index < -0.39 is 6.10 Å². The second-order valence-electron chi connectivity index (χ2n) is 6.95. The van der Waals surface area contributed by atoms with Crippen LogP contribution in [-0.4, -0.2) is 51.9 Å². The molecule has 1 aromatic carbocycles. The molecule has 0 bridgehead atoms. The third-order valence-electron chi connectivity index (χ3n) is 5.11. The summed E-state index contributed by atoms with van der Waals surface area (Å²) in [5, 5.41) is 20.2. The molecule has 2 aromatic rings. The highest BCUT2D eigenvalue weighted by Gasteiger charge is 2.42. The number of halogens is 1. The highest BCUT2D eigenvalue weighted by atomic mass is 35.5. The number of aromatic nitrogens is 1. The van der Waals surface area contributed by atoms with Crippen molar-refractivity contribution >= 4 is 29.4 Å². The van der Waals surface area contributed by atoms with Crippen LogP contribution in [-0.2, 0) is 11.3 Å². The minimum absolute atomic E-state index is 0.149. The number of benzene rings is 1. The van der Waals surface area contributed by atoms with Gasteiger partial charge in [-0.05, 0) is 42.9 Å². The fourth-order valence-electron chi connectivity index (χ4n) is 4.00. The molecule has 27 heavy (non-hydrogen) atoms. The molecule has 1 saturated heterocycles. The van der Waals surface area contributed by atoms with E-state index >= 15 is 0 Å². The molecule has 4 rings (SSSR count). The van der Waals surface area contributed by atoms with Crippen molar-refractivity contribution in [3.8, 4) is 5.75 Å². The lowest BCUT2D eigenvalue weighted by molar-refractivity contribution is -0.122. The highest BCUT2D eigenvalue weighted by molar-refractivity contribution is 7.07. The van der Waals surface area contributed by atoms with E-state index in [1.165, 1.54) is 0 Å². The SMILES string of the molecule is O=CO.O[C@@H]1C[C@H]2CN(Cc3cscn3)C[C@H]2C[C@H]1Oc1cccc(Cl)c1. The summed E-state index contributed by atoms with van der Waals surface area (Å²) < 4.78 is 6.03. The molecular formula is C19H23ClN2O4S. The fourth-order valence-corrected chi connectivity index (χ4v) is 4.73. The quantitative estimate of drug-likeness (QED) is 0.753. The lowest BCUT2D eigenvalue weighted by Gasteiger charge is -2.35. The molecule has 2 N–H and O–H groups in total. The normalized spacial score (nSPS) is 27.3. The van der Waals surface area contributed by atoms with Gasteiger partial charge in [-0.3, -0.25) is 9.69 Å². The van der Waals surface area contributed by atoms with Gasteiger partial charge in [0.15, 0.2) is 0 Å². The van der Waals surface area contributed by atoms with Gasteiger partial charge in [0.25, 0.3) is 6.47 Å². The zero-order valence-corrected chi connectivity index (χ0v) is 16.4. The first-order valence-electron chi connectivity index (χ1n) is 8.86. The maximum absolute atomic E-state index is 10.5. The van der Waals surface area contributed by atoms with Gasteiger partial charge in [-0.2, -0.15) is 0 Å². The largest absolute Gasteiger partial charge is 0.488 e. The van der Waals surface area contributed by atoms with Gasteiger partial charge in [-0.1, -0.05) is 17.7 Å². The molecule has 4 atom stereocenters. The third kappa shape index (κ3) is 5.42. The zero-order chi connectivity index (χ0) is 19.2. The number of likely N-dealkylation sites (tertiary alicyclic amines) is 1. The van der Waals surface area contributed by atoms with Crippen LogP contribution in [0.5, 0.6) is 5.75 Å². The van der Waals surface area contributed by atoms with Gasteiger partial charge in [0, 0.05) is 30.0 Å². The summed E-state index contributed by atoms with van der Waals surface area (Å²) in [6.07, 6.45) is 1.14. The molecule has 0 radical (unpaired) electrons. The number of carboxylic acid groups (broad SMARTS) is 1. The number of hydrogen-bond acceptors (Lipinski definition) is 6. The summed E-state index contributed by atoms with van der Waals surface area (Å²) in [6.45, 7) is 2.76. The van der Waals surface area contributed by atoms with Crippen LogP contribution < -0.4 is 4.74 Å². The molecule has 1 aliphatic carbocycles. The molecule has 0 spiro atoms. The number of fused-ring (bicyclic) bond motifs is 1. The van der Waals surface area contributed by atoms with Crippen molar-refractivity contribution in [1.82, 2.24) is 9.88 Å². The van der Waals surface area contributed by atoms with Crippen LogP contribution in [0.1, 0.15) is 18.5 Å². The number of aliphatic hydroxyl groups is 1. The Morgan fingerprint density at radius 3 is 2.74 bits per heavy atom. The first-order valence-corrected chi connectivity index (χ1v) is 10.2. The van der Waals surface area contributed by atoms with E-state index in [9.17, 15) is 5.11 Å². The maximum atomic E-state index is 10.5. The van der Waals surface area contributed by atoms with Gasteiger partial charge in [-0.25, -0.2) is 4.98 Å². The highest BCUT2D eigenvalue weighted by Crippen LogP contribution is 2.38. The number of nitrogens with zero attached hydrogens (tertiary/aromatic N) is 2. The van der Waals surface area contributed by atoms with Crippen molar-refractivity contribution in [2.75, 3.05) is 13.1 Å². The minimum Gasteiger partial charge on any atom is -0.488 e. The molecule has 2 aliphatic rings.